The molecule has 0 saturated heterocycles. The predicted molar refractivity (Wildman–Crippen MR) is 59.9 cm³/mol. The quantitative estimate of drug-likeness (QED) is 0.623. The average Bonchev–Trinajstić information content (AvgIpc) is 2.12. The Hall–Kier alpha value is -0.630. The molecule has 1 heterocycles. The molecule has 1 aromatic carbocycles. The predicted octanol–water partition coefficient (Wildman–Crippen LogP) is 2.85. The van der Waals surface area contributed by atoms with Crippen LogP contribution >= 0.6 is 11.8 Å². The van der Waals surface area contributed by atoms with Crippen molar-refractivity contribution in [3.8, 4) is 0 Å². The normalized spacial score (nSPS) is 15.8. The minimum Gasteiger partial charge on any atom is -0.373 e. The number of benzene rings is 1. The van der Waals surface area contributed by atoms with Crippen molar-refractivity contribution in [2.45, 2.75) is 18.7 Å². The molecule has 0 saturated carbocycles. The van der Waals surface area contributed by atoms with Gasteiger partial charge in [0.25, 0.3) is 0 Å². The molecule has 2 heteroatoms. The Balaban J connectivity index is 2.60. The highest BCUT2D eigenvalue weighted by Crippen LogP contribution is 2.38. The van der Waals surface area contributed by atoms with Gasteiger partial charge >= 0.3 is 0 Å². The number of rotatable bonds is 0. The topological polar surface area (TPSA) is 3.24 Å². The molecule has 2 rings (SSSR count). The SMILES string of the molecule is Cc1ccc(C)c2c1SCCN2C. The highest BCUT2D eigenvalue weighted by atomic mass is 32.2. The second-order valence-electron chi connectivity index (χ2n) is 3.65. The summed E-state index contributed by atoms with van der Waals surface area (Å²) in [7, 11) is 2.19. The lowest BCUT2D eigenvalue weighted by Crippen LogP contribution is -2.25. The first-order valence-corrected chi connectivity index (χ1v) is 5.63. The van der Waals surface area contributed by atoms with Gasteiger partial charge in [-0.3, -0.25) is 0 Å². The van der Waals surface area contributed by atoms with Crippen LogP contribution in [0.4, 0.5) is 5.69 Å². The van der Waals surface area contributed by atoms with Gasteiger partial charge in [-0.1, -0.05) is 12.1 Å². The summed E-state index contributed by atoms with van der Waals surface area (Å²) in [6.45, 7) is 5.56. The average molecular weight is 193 g/mol. The third kappa shape index (κ3) is 1.44. The molecule has 0 aromatic heterocycles. The summed E-state index contributed by atoms with van der Waals surface area (Å²) in [6, 6.07) is 4.44. The number of fused-ring (bicyclic) bond motifs is 1. The number of hydrogen-bond donors (Lipinski definition) is 0. The molecule has 1 nitrogen and oxygen atoms in total. The van der Waals surface area contributed by atoms with Crippen LogP contribution in [0.25, 0.3) is 0 Å². The maximum atomic E-state index is 2.37. The fourth-order valence-electron chi connectivity index (χ4n) is 1.82. The van der Waals surface area contributed by atoms with Gasteiger partial charge in [-0.2, -0.15) is 0 Å². The van der Waals surface area contributed by atoms with E-state index in [9.17, 15) is 0 Å². The van der Waals surface area contributed by atoms with E-state index < -0.39 is 0 Å². The Morgan fingerprint density at radius 3 is 2.62 bits per heavy atom. The molecule has 0 fully saturated rings. The van der Waals surface area contributed by atoms with Crippen LogP contribution in [-0.2, 0) is 0 Å². The van der Waals surface area contributed by atoms with E-state index in [1.54, 1.807) is 0 Å². The van der Waals surface area contributed by atoms with Crippen LogP contribution in [0.1, 0.15) is 11.1 Å². The first kappa shape index (κ1) is 8.95. The molecule has 0 N–H and O–H groups in total. The van der Waals surface area contributed by atoms with Gasteiger partial charge in [0.1, 0.15) is 0 Å². The van der Waals surface area contributed by atoms with Crippen LogP contribution in [0, 0.1) is 13.8 Å². The van der Waals surface area contributed by atoms with E-state index in [0.717, 1.165) is 0 Å². The molecule has 0 radical (unpaired) electrons. The monoisotopic (exact) mass is 193 g/mol. The van der Waals surface area contributed by atoms with Crippen LogP contribution in [0.3, 0.4) is 0 Å². The lowest BCUT2D eigenvalue weighted by atomic mass is 10.1. The zero-order valence-corrected chi connectivity index (χ0v) is 9.24. The lowest BCUT2D eigenvalue weighted by Gasteiger charge is -2.29. The van der Waals surface area contributed by atoms with Crippen molar-refractivity contribution in [2.75, 3.05) is 24.2 Å². The molecule has 0 bridgehead atoms. The minimum atomic E-state index is 1.17. The molecular formula is C11H15NS. The second-order valence-corrected chi connectivity index (χ2v) is 4.75. The summed E-state index contributed by atoms with van der Waals surface area (Å²) in [5.74, 6) is 1.22. The smallest absolute Gasteiger partial charge is 0.0534 e. The summed E-state index contributed by atoms with van der Waals surface area (Å²) in [5.41, 5.74) is 4.25. The first-order valence-electron chi connectivity index (χ1n) is 4.64. The van der Waals surface area contributed by atoms with E-state index in [2.05, 4.69) is 37.9 Å². The van der Waals surface area contributed by atoms with Gasteiger partial charge in [-0.15, -0.1) is 11.8 Å². The van der Waals surface area contributed by atoms with Gasteiger partial charge in [-0.25, -0.2) is 0 Å². The lowest BCUT2D eigenvalue weighted by molar-refractivity contribution is 0.929. The van der Waals surface area contributed by atoms with Crippen molar-refractivity contribution in [3.63, 3.8) is 0 Å². The van der Waals surface area contributed by atoms with Gasteiger partial charge in [-0.05, 0) is 25.0 Å². The van der Waals surface area contributed by atoms with Crippen molar-refractivity contribution < 1.29 is 0 Å². The molecular weight excluding hydrogens is 178 g/mol. The molecule has 0 amide bonds. The number of aryl methyl sites for hydroxylation is 2. The molecule has 13 heavy (non-hydrogen) atoms. The number of anilines is 1. The van der Waals surface area contributed by atoms with E-state index >= 15 is 0 Å². The van der Waals surface area contributed by atoms with Crippen molar-refractivity contribution >= 4 is 17.4 Å². The standard InChI is InChI=1S/C11H15NS/c1-8-4-5-9(2)11-10(8)12(3)6-7-13-11/h4-5H,6-7H2,1-3H3. The second kappa shape index (κ2) is 3.26. The van der Waals surface area contributed by atoms with Crippen LogP contribution < -0.4 is 4.90 Å². The Bertz CT molecular complexity index is 333. The summed E-state index contributed by atoms with van der Waals surface area (Å²) in [5, 5.41) is 0. The van der Waals surface area contributed by atoms with Crippen LogP contribution in [0.5, 0.6) is 0 Å². The van der Waals surface area contributed by atoms with E-state index in [4.69, 9.17) is 0 Å². The van der Waals surface area contributed by atoms with Crippen molar-refractivity contribution in [1.29, 1.82) is 0 Å². The Kier molecular flexibility index (Phi) is 2.24. The molecule has 0 unspecified atom stereocenters. The van der Waals surface area contributed by atoms with Gasteiger partial charge in [0, 0.05) is 24.2 Å². The van der Waals surface area contributed by atoms with E-state index in [-0.39, 0.29) is 0 Å². The summed E-state index contributed by atoms with van der Waals surface area (Å²) in [4.78, 5) is 3.85. The first-order chi connectivity index (χ1) is 6.20. The van der Waals surface area contributed by atoms with Gasteiger partial charge in [0.2, 0.25) is 0 Å². The molecule has 1 aliphatic heterocycles. The number of thioether (sulfide) groups is 1. The maximum Gasteiger partial charge on any atom is 0.0534 e. The van der Waals surface area contributed by atoms with Gasteiger partial charge < -0.3 is 4.90 Å². The highest BCUT2D eigenvalue weighted by molar-refractivity contribution is 7.99. The summed E-state index contributed by atoms with van der Waals surface area (Å²) in [6.07, 6.45) is 0. The van der Waals surface area contributed by atoms with Crippen molar-refractivity contribution in [1.82, 2.24) is 0 Å². The fourth-order valence-corrected chi connectivity index (χ4v) is 3.14. The highest BCUT2D eigenvalue weighted by Gasteiger charge is 2.17. The third-order valence-electron chi connectivity index (χ3n) is 2.58. The molecule has 0 aliphatic carbocycles. The Morgan fingerprint density at radius 2 is 1.92 bits per heavy atom. The van der Waals surface area contributed by atoms with Gasteiger partial charge in [0.15, 0.2) is 0 Å². The number of hydrogen-bond acceptors (Lipinski definition) is 2. The molecule has 0 atom stereocenters. The minimum absolute atomic E-state index is 1.17. The largest absolute Gasteiger partial charge is 0.373 e. The molecule has 1 aliphatic rings. The van der Waals surface area contributed by atoms with E-state index in [0.29, 0.717) is 0 Å². The zero-order valence-electron chi connectivity index (χ0n) is 8.42. The third-order valence-corrected chi connectivity index (χ3v) is 3.78. The molecule has 1 aromatic rings. The Morgan fingerprint density at radius 1 is 1.23 bits per heavy atom. The van der Waals surface area contributed by atoms with E-state index in [1.165, 1.54) is 34.0 Å². The van der Waals surface area contributed by atoms with Crippen molar-refractivity contribution in [2.24, 2.45) is 0 Å². The maximum absolute atomic E-state index is 2.37. The van der Waals surface area contributed by atoms with Gasteiger partial charge in [0.05, 0.1) is 5.69 Å². The summed E-state index contributed by atoms with van der Waals surface area (Å²) < 4.78 is 0. The van der Waals surface area contributed by atoms with Crippen LogP contribution in [0.2, 0.25) is 0 Å². The number of nitrogens with zero attached hydrogens (tertiary/aromatic N) is 1. The zero-order chi connectivity index (χ0) is 9.42. The van der Waals surface area contributed by atoms with Crippen LogP contribution in [0.15, 0.2) is 17.0 Å². The summed E-state index contributed by atoms with van der Waals surface area (Å²) >= 11 is 1.99. The fraction of sp³-hybridized carbons (Fsp3) is 0.455. The van der Waals surface area contributed by atoms with E-state index in [1.807, 2.05) is 11.8 Å². The Labute approximate surface area is 84.1 Å². The van der Waals surface area contributed by atoms with Crippen LogP contribution in [-0.4, -0.2) is 19.3 Å². The molecule has 70 valence electrons. The van der Waals surface area contributed by atoms with Crippen molar-refractivity contribution in [3.05, 3.63) is 23.3 Å². The molecule has 0 spiro atoms.